The highest BCUT2D eigenvalue weighted by Crippen LogP contribution is 2.12. The first-order valence-electron chi connectivity index (χ1n) is 4.91. The number of nitrogen functional groups attached to an aromatic ring is 1. The molecule has 0 aliphatic carbocycles. The van der Waals surface area contributed by atoms with Crippen LogP contribution < -0.4 is 11.5 Å². The van der Waals surface area contributed by atoms with Gasteiger partial charge in [0.2, 0.25) is 0 Å². The van der Waals surface area contributed by atoms with Gasteiger partial charge in [-0.05, 0) is 25.0 Å². The summed E-state index contributed by atoms with van der Waals surface area (Å²) in [7, 11) is 0. The average Bonchev–Trinajstić information content (AvgIpc) is 2.20. The van der Waals surface area contributed by atoms with Gasteiger partial charge < -0.3 is 16.6 Å². The summed E-state index contributed by atoms with van der Waals surface area (Å²) in [6.45, 7) is 1.86. The minimum absolute atomic E-state index is 0.0895. The summed E-state index contributed by atoms with van der Waals surface area (Å²) in [6, 6.07) is 1.97. The maximum Gasteiger partial charge on any atom is 0.128 e. The Morgan fingerprint density at radius 3 is 2.93 bits per heavy atom. The molecule has 1 aromatic heterocycles. The van der Waals surface area contributed by atoms with E-state index in [0.29, 0.717) is 11.4 Å². The summed E-state index contributed by atoms with van der Waals surface area (Å²) in [4.78, 5) is 3.98. The van der Waals surface area contributed by atoms with Gasteiger partial charge in [0.15, 0.2) is 0 Å². The van der Waals surface area contributed by atoms with Crippen molar-refractivity contribution in [2.75, 3.05) is 5.73 Å². The van der Waals surface area contributed by atoms with Crippen LogP contribution in [0.4, 0.5) is 5.82 Å². The first-order chi connectivity index (χ1) is 7.13. The van der Waals surface area contributed by atoms with Crippen molar-refractivity contribution in [1.29, 1.82) is 0 Å². The predicted molar refractivity (Wildman–Crippen MR) is 61.9 cm³/mol. The molecule has 1 heterocycles. The van der Waals surface area contributed by atoms with Crippen LogP contribution in [-0.2, 0) is 6.61 Å². The molecule has 1 aromatic rings. The number of nitrogens with zero attached hydrogens (tertiary/aromatic N) is 1. The lowest BCUT2D eigenvalue weighted by molar-refractivity contribution is 0.282. The van der Waals surface area contributed by atoms with E-state index in [2.05, 4.69) is 4.98 Å². The summed E-state index contributed by atoms with van der Waals surface area (Å²) >= 11 is 0. The molecule has 0 saturated heterocycles. The third-order valence-electron chi connectivity index (χ3n) is 2.01. The number of pyridine rings is 1. The van der Waals surface area contributed by atoms with E-state index in [-0.39, 0.29) is 12.6 Å². The first kappa shape index (κ1) is 11.7. The maximum atomic E-state index is 8.99. The molecular formula is C11H17N3O. The Balaban J connectivity index is 2.74. The summed E-state index contributed by atoms with van der Waals surface area (Å²) < 4.78 is 0. The fourth-order valence-corrected chi connectivity index (χ4v) is 1.18. The third kappa shape index (κ3) is 3.69. The van der Waals surface area contributed by atoms with Gasteiger partial charge in [-0.15, -0.1) is 0 Å². The second-order valence-corrected chi connectivity index (χ2v) is 3.59. The fourth-order valence-electron chi connectivity index (χ4n) is 1.18. The SMILES string of the molecule is C[C@H](N)C/C=C/c1cnc(N)c(CO)c1. The highest BCUT2D eigenvalue weighted by molar-refractivity contribution is 5.53. The van der Waals surface area contributed by atoms with E-state index in [1.54, 1.807) is 6.20 Å². The summed E-state index contributed by atoms with van der Waals surface area (Å²) in [5.74, 6) is 0.377. The van der Waals surface area contributed by atoms with Gasteiger partial charge >= 0.3 is 0 Å². The molecule has 1 rings (SSSR count). The van der Waals surface area contributed by atoms with Crippen LogP contribution in [0.2, 0.25) is 0 Å². The number of aliphatic hydroxyl groups is 1. The number of aliphatic hydroxyl groups excluding tert-OH is 1. The van der Waals surface area contributed by atoms with E-state index in [1.807, 2.05) is 25.1 Å². The standard InChI is InChI=1S/C11H17N3O/c1-8(12)3-2-4-9-5-10(7-15)11(13)14-6-9/h2,4-6,8,15H,3,7,12H2,1H3,(H2,13,14)/b4-2+/t8-/m0/s1. The lowest BCUT2D eigenvalue weighted by Gasteiger charge is -2.02. The molecule has 0 bridgehead atoms. The Bertz CT molecular complexity index is 348. The molecule has 4 nitrogen and oxygen atoms in total. The van der Waals surface area contributed by atoms with Crippen LogP contribution in [0.15, 0.2) is 18.3 Å². The topological polar surface area (TPSA) is 85.2 Å². The van der Waals surface area contributed by atoms with Crippen LogP contribution in [0, 0.1) is 0 Å². The molecule has 0 aromatic carbocycles. The molecule has 82 valence electrons. The van der Waals surface area contributed by atoms with Crippen molar-refractivity contribution in [3.05, 3.63) is 29.5 Å². The Morgan fingerprint density at radius 1 is 1.60 bits per heavy atom. The van der Waals surface area contributed by atoms with Crippen LogP contribution in [0.3, 0.4) is 0 Å². The van der Waals surface area contributed by atoms with Crippen LogP contribution in [0.5, 0.6) is 0 Å². The molecule has 0 unspecified atom stereocenters. The maximum absolute atomic E-state index is 8.99. The van der Waals surface area contributed by atoms with Crippen molar-refractivity contribution in [2.45, 2.75) is 26.0 Å². The molecule has 0 spiro atoms. The van der Waals surface area contributed by atoms with E-state index in [4.69, 9.17) is 16.6 Å². The van der Waals surface area contributed by atoms with Gasteiger partial charge in [-0.1, -0.05) is 12.2 Å². The second kappa shape index (κ2) is 5.48. The van der Waals surface area contributed by atoms with Gasteiger partial charge in [0.05, 0.1) is 6.61 Å². The number of rotatable bonds is 4. The summed E-state index contributed by atoms with van der Waals surface area (Å²) in [5, 5.41) is 8.99. The lowest BCUT2D eigenvalue weighted by Crippen LogP contribution is -2.12. The molecule has 0 aliphatic rings. The Morgan fingerprint density at radius 2 is 2.33 bits per heavy atom. The van der Waals surface area contributed by atoms with Gasteiger partial charge in [0, 0.05) is 17.8 Å². The number of anilines is 1. The number of hydrogen-bond acceptors (Lipinski definition) is 4. The Labute approximate surface area is 89.6 Å². The normalized spacial score (nSPS) is 13.3. The van der Waals surface area contributed by atoms with Crippen LogP contribution in [0.25, 0.3) is 6.08 Å². The molecule has 0 amide bonds. The summed E-state index contributed by atoms with van der Waals surface area (Å²) in [6.07, 6.45) is 6.40. The monoisotopic (exact) mass is 207 g/mol. The Hall–Kier alpha value is -1.39. The van der Waals surface area contributed by atoms with E-state index >= 15 is 0 Å². The van der Waals surface area contributed by atoms with Gasteiger partial charge in [0.1, 0.15) is 5.82 Å². The van der Waals surface area contributed by atoms with Crippen molar-refractivity contribution >= 4 is 11.9 Å². The number of hydrogen-bond donors (Lipinski definition) is 3. The molecule has 0 radical (unpaired) electrons. The molecule has 0 fully saturated rings. The smallest absolute Gasteiger partial charge is 0.128 e. The molecule has 5 N–H and O–H groups in total. The van der Waals surface area contributed by atoms with Crippen LogP contribution >= 0.6 is 0 Å². The van der Waals surface area contributed by atoms with Crippen molar-refractivity contribution in [3.8, 4) is 0 Å². The zero-order valence-corrected chi connectivity index (χ0v) is 8.85. The zero-order valence-electron chi connectivity index (χ0n) is 8.85. The molecule has 4 heteroatoms. The molecule has 1 atom stereocenters. The van der Waals surface area contributed by atoms with Gasteiger partial charge in [0.25, 0.3) is 0 Å². The minimum atomic E-state index is -0.0895. The number of aromatic nitrogens is 1. The average molecular weight is 207 g/mol. The molecule has 15 heavy (non-hydrogen) atoms. The van der Waals surface area contributed by atoms with Gasteiger partial charge in [-0.3, -0.25) is 0 Å². The van der Waals surface area contributed by atoms with Crippen molar-refractivity contribution in [3.63, 3.8) is 0 Å². The minimum Gasteiger partial charge on any atom is -0.392 e. The fraction of sp³-hybridized carbons (Fsp3) is 0.364. The predicted octanol–water partition coefficient (Wildman–Crippen LogP) is 0.907. The van der Waals surface area contributed by atoms with Crippen molar-refractivity contribution < 1.29 is 5.11 Å². The third-order valence-corrected chi connectivity index (χ3v) is 2.01. The van der Waals surface area contributed by atoms with E-state index in [1.165, 1.54) is 0 Å². The highest BCUT2D eigenvalue weighted by atomic mass is 16.3. The number of nitrogens with two attached hydrogens (primary N) is 2. The molecule has 0 aliphatic heterocycles. The van der Waals surface area contributed by atoms with Gasteiger partial charge in [-0.25, -0.2) is 4.98 Å². The van der Waals surface area contributed by atoms with Gasteiger partial charge in [-0.2, -0.15) is 0 Å². The largest absolute Gasteiger partial charge is 0.392 e. The zero-order chi connectivity index (χ0) is 11.3. The Kier molecular flexibility index (Phi) is 4.27. The van der Waals surface area contributed by atoms with Crippen LogP contribution in [-0.4, -0.2) is 16.1 Å². The molecular weight excluding hydrogens is 190 g/mol. The molecule has 0 saturated carbocycles. The van der Waals surface area contributed by atoms with E-state index in [0.717, 1.165) is 12.0 Å². The summed E-state index contributed by atoms with van der Waals surface area (Å²) in [5.41, 5.74) is 12.7. The van der Waals surface area contributed by atoms with Crippen molar-refractivity contribution in [2.24, 2.45) is 5.73 Å². The quantitative estimate of drug-likeness (QED) is 0.685. The lowest BCUT2D eigenvalue weighted by atomic mass is 10.1. The highest BCUT2D eigenvalue weighted by Gasteiger charge is 1.99. The van der Waals surface area contributed by atoms with Crippen molar-refractivity contribution in [1.82, 2.24) is 4.98 Å². The first-order valence-corrected chi connectivity index (χ1v) is 4.91. The van der Waals surface area contributed by atoms with Crippen LogP contribution in [0.1, 0.15) is 24.5 Å². The van der Waals surface area contributed by atoms with E-state index < -0.39 is 0 Å². The second-order valence-electron chi connectivity index (χ2n) is 3.59. The van der Waals surface area contributed by atoms with E-state index in [9.17, 15) is 0 Å².